The molecule has 0 fully saturated rings. The smallest absolute Gasteiger partial charge is 0.327 e. The summed E-state index contributed by atoms with van der Waals surface area (Å²) in [5.41, 5.74) is 0.769. The van der Waals surface area contributed by atoms with Gasteiger partial charge in [0.2, 0.25) is 12.7 Å². The predicted octanol–water partition coefficient (Wildman–Crippen LogP) is 1.34. The van der Waals surface area contributed by atoms with Gasteiger partial charge < -0.3 is 24.8 Å². The van der Waals surface area contributed by atoms with Crippen molar-refractivity contribution in [2.24, 2.45) is 0 Å². The summed E-state index contributed by atoms with van der Waals surface area (Å²) in [7, 11) is 0. The summed E-state index contributed by atoms with van der Waals surface area (Å²) in [6.45, 7) is 5.81. The van der Waals surface area contributed by atoms with Crippen LogP contribution in [0.1, 0.15) is 19.4 Å². The molecule has 7 heteroatoms. The van der Waals surface area contributed by atoms with Crippen molar-refractivity contribution in [3.8, 4) is 11.5 Å². The molecule has 24 heavy (non-hydrogen) atoms. The van der Waals surface area contributed by atoms with Gasteiger partial charge in [0.25, 0.3) is 0 Å². The number of likely N-dealkylation sites (N-methyl/N-ethyl adjacent to an activating group) is 1. The zero-order chi connectivity index (χ0) is 17.5. The van der Waals surface area contributed by atoms with Crippen LogP contribution in [-0.4, -0.2) is 54.4 Å². The molecule has 1 aromatic rings. The van der Waals surface area contributed by atoms with E-state index in [0.717, 1.165) is 18.7 Å². The minimum absolute atomic E-state index is 0.189. The van der Waals surface area contributed by atoms with Gasteiger partial charge in [0.15, 0.2) is 11.5 Å². The molecule has 0 saturated heterocycles. The Morgan fingerprint density at radius 2 is 2.00 bits per heavy atom. The maximum absolute atomic E-state index is 12.0. The van der Waals surface area contributed by atoms with Gasteiger partial charge in [0.05, 0.1) is 0 Å². The summed E-state index contributed by atoms with van der Waals surface area (Å²) >= 11 is 0. The lowest BCUT2D eigenvalue weighted by atomic mass is 10.2. The van der Waals surface area contributed by atoms with Crippen LogP contribution in [0.5, 0.6) is 11.5 Å². The fourth-order valence-corrected chi connectivity index (χ4v) is 2.33. The van der Waals surface area contributed by atoms with E-state index in [-0.39, 0.29) is 13.3 Å². The number of carbonyl (C=O) groups is 2. The first kappa shape index (κ1) is 17.8. The summed E-state index contributed by atoms with van der Waals surface area (Å²) in [5, 5.41) is 11.8. The summed E-state index contributed by atoms with van der Waals surface area (Å²) in [6, 6.07) is 4.37. The Morgan fingerprint density at radius 1 is 1.29 bits per heavy atom. The van der Waals surface area contributed by atoms with Crippen LogP contribution in [0.25, 0.3) is 6.08 Å². The number of carboxylic acid groups (broad SMARTS) is 1. The van der Waals surface area contributed by atoms with Crippen LogP contribution in [0.3, 0.4) is 0 Å². The number of rotatable bonds is 8. The molecule has 1 heterocycles. The van der Waals surface area contributed by atoms with Gasteiger partial charge in [0, 0.05) is 12.6 Å². The van der Waals surface area contributed by atoms with Gasteiger partial charge in [-0.15, -0.1) is 0 Å². The van der Waals surface area contributed by atoms with E-state index >= 15 is 0 Å². The number of hydrogen-bond acceptors (Lipinski definition) is 5. The van der Waals surface area contributed by atoms with Crippen LogP contribution in [0.2, 0.25) is 0 Å². The zero-order valence-electron chi connectivity index (χ0n) is 13.8. The second kappa shape index (κ2) is 8.35. The molecule has 1 atom stereocenters. The molecule has 0 saturated carbocycles. The number of aliphatic carboxylic acids is 1. The van der Waals surface area contributed by atoms with Crippen LogP contribution < -0.4 is 14.8 Å². The molecule has 2 rings (SSSR count). The van der Waals surface area contributed by atoms with Crippen LogP contribution in [-0.2, 0) is 9.59 Å². The van der Waals surface area contributed by atoms with Gasteiger partial charge in [-0.25, -0.2) is 4.79 Å². The second-order valence-corrected chi connectivity index (χ2v) is 5.33. The van der Waals surface area contributed by atoms with E-state index in [0.29, 0.717) is 11.5 Å². The summed E-state index contributed by atoms with van der Waals surface area (Å²) in [4.78, 5) is 25.2. The van der Waals surface area contributed by atoms with Crippen molar-refractivity contribution in [2.75, 3.05) is 26.4 Å². The van der Waals surface area contributed by atoms with Gasteiger partial charge in [-0.2, -0.15) is 0 Å². The highest BCUT2D eigenvalue weighted by atomic mass is 16.7. The van der Waals surface area contributed by atoms with E-state index in [9.17, 15) is 14.7 Å². The molecule has 0 radical (unpaired) electrons. The van der Waals surface area contributed by atoms with Crippen LogP contribution in [0.15, 0.2) is 24.3 Å². The topological polar surface area (TPSA) is 88.1 Å². The number of fused-ring (bicyclic) bond motifs is 1. The third-order valence-electron chi connectivity index (χ3n) is 3.77. The Labute approximate surface area is 140 Å². The molecule has 0 aliphatic carbocycles. The quantitative estimate of drug-likeness (QED) is 0.698. The number of hydrogen-bond donors (Lipinski definition) is 2. The summed E-state index contributed by atoms with van der Waals surface area (Å²) in [6.07, 6.45) is 2.92. The normalized spacial score (nSPS) is 14.1. The van der Waals surface area contributed by atoms with Crippen molar-refractivity contribution in [3.05, 3.63) is 29.8 Å². The monoisotopic (exact) mass is 334 g/mol. The molecular formula is C17H22N2O5. The lowest BCUT2D eigenvalue weighted by molar-refractivity contribution is -0.141. The second-order valence-electron chi connectivity index (χ2n) is 5.33. The largest absolute Gasteiger partial charge is 0.480 e. The zero-order valence-corrected chi connectivity index (χ0v) is 13.8. The highest BCUT2D eigenvalue weighted by molar-refractivity contribution is 5.94. The Hall–Kier alpha value is -2.54. The number of carbonyl (C=O) groups excluding carboxylic acids is 1. The minimum atomic E-state index is -1.05. The van der Waals surface area contributed by atoms with E-state index in [2.05, 4.69) is 5.32 Å². The summed E-state index contributed by atoms with van der Waals surface area (Å²) < 4.78 is 10.5. The first-order valence-corrected chi connectivity index (χ1v) is 7.86. The van der Waals surface area contributed by atoms with Crippen molar-refractivity contribution in [2.45, 2.75) is 19.9 Å². The van der Waals surface area contributed by atoms with Gasteiger partial charge in [0.1, 0.15) is 6.04 Å². The van der Waals surface area contributed by atoms with E-state index in [1.165, 1.54) is 6.08 Å². The molecule has 1 amide bonds. The van der Waals surface area contributed by atoms with Gasteiger partial charge in [-0.05, 0) is 36.9 Å². The lowest BCUT2D eigenvalue weighted by Crippen LogP contribution is -2.48. The van der Waals surface area contributed by atoms with Crippen LogP contribution in [0, 0.1) is 0 Å². The third-order valence-corrected chi connectivity index (χ3v) is 3.77. The molecule has 2 N–H and O–H groups in total. The molecule has 0 bridgehead atoms. The van der Waals surface area contributed by atoms with E-state index in [4.69, 9.17) is 9.47 Å². The first-order valence-electron chi connectivity index (χ1n) is 7.86. The highest BCUT2D eigenvalue weighted by Crippen LogP contribution is 2.32. The lowest BCUT2D eigenvalue weighted by Gasteiger charge is -2.22. The molecule has 0 aromatic heterocycles. The maximum Gasteiger partial charge on any atom is 0.327 e. The van der Waals surface area contributed by atoms with Crippen molar-refractivity contribution >= 4 is 18.0 Å². The molecule has 1 aromatic carbocycles. The number of carboxylic acids is 1. The molecule has 1 aliphatic heterocycles. The van der Waals surface area contributed by atoms with Crippen LogP contribution >= 0.6 is 0 Å². The average molecular weight is 334 g/mol. The molecule has 130 valence electrons. The Balaban J connectivity index is 1.96. The van der Waals surface area contributed by atoms with Crippen LogP contribution in [0.4, 0.5) is 0 Å². The average Bonchev–Trinajstić information content (AvgIpc) is 3.04. The van der Waals surface area contributed by atoms with Gasteiger partial charge in [-0.3, -0.25) is 4.79 Å². The minimum Gasteiger partial charge on any atom is -0.480 e. The standard InChI is InChI=1S/C17H22N2O5/c1-3-19(4-2)10-13(17(21)22)18-16(20)8-6-12-5-7-14-15(9-12)24-11-23-14/h5-9,13H,3-4,10-11H2,1-2H3,(H,18,20)(H,21,22)/b8-6+. The molecule has 7 nitrogen and oxygen atoms in total. The fourth-order valence-electron chi connectivity index (χ4n) is 2.33. The van der Waals surface area contributed by atoms with Crippen molar-refractivity contribution in [1.82, 2.24) is 10.2 Å². The molecule has 1 unspecified atom stereocenters. The fraction of sp³-hybridized carbons (Fsp3) is 0.412. The molecule has 0 spiro atoms. The van der Waals surface area contributed by atoms with Gasteiger partial charge >= 0.3 is 5.97 Å². The maximum atomic E-state index is 12.0. The highest BCUT2D eigenvalue weighted by Gasteiger charge is 2.21. The number of ether oxygens (including phenoxy) is 2. The number of nitrogens with zero attached hydrogens (tertiary/aromatic N) is 1. The van der Waals surface area contributed by atoms with E-state index in [1.807, 2.05) is 18.7 Å². The third kappa shape index (κ3) is 4.73. The Kier molecular flexibility index (Phi) is 6.20. The predicted molar refractivity (Wildman–Crippen MR) is 89.0 cm³/mol. The first-order chi connectivity index (χ1) is 11.5. The van der Waals surface area contributed by atoms with Crippen molar-refractivity contribution < 1.29 is 24.2 Å². The number of benzene rings is 1. The SMILES string of the molecule is CCN(CC)CC(NC(=O)/C=C/c1ccc2c(c1)OCO2)C(=O)O. The summed E-state index contributed by atoms with van der Waals surface area (Å²) in [5.74, 6) is -0.205. The number of amides is 1. The van der Waals surface area contributed by atoms with E-state index < -0.39 is 17.9 Å². The molecule has 1 aliphatic rings. The van der Waals surface area contributed by atoms with Gasteiger partial charge in [-0.1, -0.05) is 19.9 Å². The van der Waals surface area contributed by atoms with E-state index in [1.54, 1.807) is 24.3 Å². The number of nitrogens with one attached hydrogen (secondary N) is 1. The Morgan fingerprint density at radius 3 is 2.67 bits per heavy atom. The van der Waals surface area contributed by atoms with Crippen molar-refractivity contribution in [3.63, 3.8) is 0 Å². The molecular weight excluding hydrogens is 312 g/mol. The van der Waals surface area contributed by atoms with Crippen molar-refractivity contribution in [1.29, 1.82) is 0 Å². The Bertz CT molecular complexity index is 625.